The first-order chi connectivity index (χ1) is 8.04. The van der Waals surface area contributed by atoms with Crippen LogP contribution in [0.2, 0.25) is 0 Å². The summed E-state index contributed by atoms with van der Waals surface area (Å²) in [5, 5.41) is 3.59. The highest BCUT2D eigenvalue weighted by molar-refractivity contribution is 4.82. The van der Waals surface area contributed by atoms with Crippen LogP contribution < -0.4 is 5.32 Å². The largest absolute Gasteiger partial charge is 0.313 e. The van der Waals surface area contributed by atoms with Gasteiger partial charge >= 0.3 is 0 Å². The van der Waals surface area contributed by atoms with E-state index in [-0.39, 0.29) is 0 Å². The van der Waals surface area contributed by atoms with E-state index in [1.54, 1.807) is 0 Å². The number of likely N-dealkylation sites (N-methyl/N-ethyl adjacent to an activating group) is 1. The maximum Gasteiger partial charge on any atom is 0.0244 e. The minimum absolute atomic E-state index is 0.591. The average molecular weight is 241 g/mol. The van der Waals surface area contributed by atoms with Gasteiger partial charge in [-0.15, -0.1) is 0 Å². The van der Waals surface area contributed by atoms with E-state index >= 15 is 0 Å². The number of hydrogen-bond donors (Lipinski definition) is 1. The summed E-state index contributed by atoms with van der Waals surface area (Å²) in [6.07, 6.45) is 0. The molecule has 1 aliphatic rings. The second kappa shape index (κ2) is 7.34. The van der Waals surface area contributed by atoms with Crippen LogP contribution in [0.3, 0.4) is 0 Å². The van der Waals surface area contributed by atoms with E-state index < -0.39 is 0 Å². The molecule has 0 aromatic carbocycles. The molecule has 1 N–H and O–H groups in total. The Hall–Kier alpha value is -0.120. The Bertz CT molecular complexity index is 196. The maximum absolute atomic E-state index is 3.59. The maximum atomic E-state index is 3.59. The van der Waals surface area contributed by atoms with Crippen LogP contribution in [0, 0.1) is 5.92 Å². The van der Waals surface area contributed by atoms with E-state index in [1.165, 1.54) is 32.7 Å². The van der Waals surface area contributed by atoms with Crippen molar-refractivity contribution in [2.45, 2.75) is 46.7 Å². The van der Waals surface area contributed by atoms with Gasteiger partial charge in [0.2, 0.25) is 0 Å². The first kappa shape index (κ1) is 14.9. The molecule has 102 valence electrons. The number of piperazine rings is 1. The number of nitrogens with zero attached hydrogens (tertiary/aromatic N) is 2. The predicted octanol–water partition coefficient (Wildman–Crippen LogP) is 1.65. The van der Waals surface area contributed by atoms with Crippen molar-refractivity contribution in [2.24, 2.45) is 5.92 Å². The Morgan fingerprint density at radius 2 is 1.59 bits per heavy atom. The molecule has 0 amide bonds. The summed E-state index contributed by atoms with van der Waals surface area (Å²) >= 11 is 0. The zero-order chi connectivity index (χ0) is 12.8. The van der Waals surface area contributed by atoms with Crippen molar-refractivity contribution in [3.8, 4) is 0 Å². The highest BCUT2D eigenvalue weighted by Gasteiger charge is 2.25. The van der Waals surface area contributed by atoms with Crippen LogP contribution in [-0.2, 0) is 0 Å². The summed E-state index contributed by atoms with van der Waals surface area (Å²) in [7, 11) is 0. The number of nitrogens with one attached hydrogen (secondary N) is 1. The van der Waals surface area contributed by atoms with Gasteiger partial charge in [-0.05, 0) is 12.5 Å². The minimum atomic E-state index is 0.591. The first-order valence-corrected chi connectivity index (χ1v) is 7.24. The van der Waals surface area contributed by atoms with E-state index in [9.17, 15) is 0 Å². The van der Waals surface area contributed by atoms with E-state index in [4.69, 9.17) is 0 Å². The molecule has 0 spiro atoms. The molecule has 1 atom stereocenters. The quantitative estimate of drug-likeness (QED) is 0.763. The third-order valence-corrected chi connectivity index (χ3v) is 3.83. The normalized spacial score (nSPS) is 21.4. The van der Waals surface area contributed by atoms with Gasteiger partial charge in [-0.1, -0.05) is 34.6 Å². The lowest BCUT2D eigenvalue weighted by molar-refractivity contribution is 0.0774. The SMILES string of the molecule is CCN1CCN(C(CNC(C)C)C(C)C)CC1. The smallest absolute Gasteiger partial charge is 0.0244 e. The van der Waals surface area contributed by atoms with Crippen LogP contribution >= 0.6 is 0 Å². The van der Waals surface area contributed by atoms with Gasteiger partial charge in [-0.2, -0.15) is 0 Å². The van der Waals surface area contributed by atoms with Crippen LogP contribution in [-0.4, -0.2) is 61.2 Å². The van der Waals surface area contributed by atoms with Crippen LogP contribution in [0.1, 0.15) is 34.6 Å². The van der Waals surface area contributed by atoms with Crippen molar-refractivity contribution in [2.75, 3.05) is 39.3 Å². The zero-order valence-electron chi connectivity index (χ0n) is 12.4. The summed E-state index contributed by atoms with van der Waals surface area (Å²) < 4.78 is 0. The van der Waals surface area contributed by atoms with Crippen molar-refractivity contribution >= 4 is 0 Å². The molecule has 1 aliphatic heterocycles. The van der Waals surface area contributed by atoms with Gasteiger partial charge in [0, 0.05) is 44.8 Å². The molecule has 0 aromatic rings. The van der Waals surface area contributed by atoms with Crippen LogP contribution in [0.5, 0.6) is 0 Å². The fraction of sp³-hybridized carbons (Fsp3) is 1.00. The Balaban J connectivity index is 2.42. The summed E-state index contributed by atoms with van der Waals surface area (Å²) in [4.78, 5) is 5.22. The molecule has 0 bridgehead atoms. The molecule has 17 heavy (non-hydrogen) atoms. The average Bonchev–Trinajstić information content (AvgIpc) is 2.29. The molecule has 0 aliphatic carbocycles. The van der Waals surface area contributed by atoms with Crippen molar-refractivity contribution in [3.63, 3.8) is 0 Å². The molecule has 3 nitrogen and oxygen atoms in total. The fourth-order valence-electron chi connectivity index (χ4n) is 2.55. The third-order valence-electron chi connectivity index (χ3n) is 3.83. The van der Waals surface area contributed by atoms with Gasteiger partial charge in [0.15, 0.2) is 0 Å². The van der Waals surface area contributed by atoms with Crippen molar-refractivity contribution < 1.29 is 0 Å². The van der Waals surface area contributed by atoms with Crippen LogP contribution in [0.15, 0.2) is 0 Å². The van der Waals surface area contributed by atoms with Gasteiger partial charge in [0.25, 0.3) is 0 Å². The number of rotatable bonds is 6. The molecule has 1 unspecified atom stereocenters. The van der Waals surface area contributed by atoms with Crippen LogP contribution in [0.4, 0.5) is 0 Å². The minimum Gasteiger partial charge on any atom is -0.313 e. The number of hydrogen-bond acceptors (Lipinski definition) is 3. The van der Waals surface area contributed by atoms with Gasteiger partial charge < -0.3 is 10.2 Å². The standard InChI is InChI=1S/C14H31N3/c1-6-16-7-9-17(10-8-16)14(12(2)3)11-15-13(4)5/h12-15H,6-11H2,1-5H3. The molecule has 1 heterocycles. The molecule has 1 saturated heterocycles. The van der Waals surface area contributed by atoms with Crippen molar-refractivity contribution in [3.05, 3.63) is 0 Å². The third kappa shape index (κ3) is 4.94. The molecule has 0 radical (unpaired) electrons. The predicted molar refractivity (Wildman–Crippen MR) is 75.5 cm³/mol. The Morgan fingerprint density at radius 3 is 2.00 bits per heavy atom. The molecule has 1 fully saturated rings. The Kier molecular flexibility index (Phi) is 6.45. The molecule has 0 saturated carbocycles. The molecular formula is C14H31N3. The highest BCUT2D eigenvalue weighted by Crippen LogP contribution is 2.13. The monoisotopic (exact) mass is 241 g/mol. The highest BCUT2D eigenvalue weighted by atomic mass is 15.3. The van der Waals surface area contributed by atoms with Gasteiger partial charge in [-0.25, -0.2) is 0 Å². The van der Waals surface area contributed by atoms with Crippen molar-refractivity contribution in [1.29, 1.82) is 0 Å². The second-order valence-corrected chi connectivity index (χ2v) is 5.84. The van der Waals surface area contributed by atoms with E-state index in [1.807, 2.05) is 0 Å². The van der Waals surface area contributed by atoms with E-state index in [0.29, 0.717) is 12.1 Å². The van der Waals surface area contributed by atoms with Crippen LogP contribution in [0.25, 0.3) is 0 Å². The lowest BCUT2D eigenvalue weighted by Crippen LogP contribution is -2.54. The van der Waals surface area contributed by atoms with E-state index in [2.05, 4.69) is 49.7 Å². The second-order valence-electron chi connectivity index (χ2n) is 5.84. The lowest BCUT2D eigenvalue weighted by Gasteiger charge is -2.41. The Morgan fingerprint density at radius 1 is 1.00 bits per heavy atom. The zero-order valence-corrected chi connectivity index (χ0v) is 12.4. The summed E-state index contributed by atoms with van der Waals surface area (Å²) in [5.41, 5.74) is 0. The van der Waals surface area contributed by atoms with Gasteiger partial charge in [-0.3, -0.25) is 4.90 Å². The molecule has 0 aromatic heterocycles. The van der Waals surface area contributed by atoms with Crippen molar-refractivity contribution in [1.82, 2.24) is 15.1 Å². The molecular weight excluding hydrogens is 210 g/mol. The fourth-order valence-corrected chi connectivity index (χ4v) is 2.55. The summed E-state index contributed by atoms with van der Waals surface area (Å²) in [5.74, 6) is 0.731. The lowest BCUT2D eigenvalue weighted by atomic mass is 10.0. The first-order valence-electron chi connectivity index (χ1n) is 7.24. The van der Waals surface area contributed by atoms with Gasteiger partial charge in [0.05, 0.1) is 0 Å². The Labute approximate surface area is 108 Å². The molecule has 3 heteroatoms. The summed E-state index contributed by atoms with van der Waals surface area (Å²) in [6.45, 7) is 18.7. The van der Waals surface area contributed by atoms with E-state index in [0.717, 1.165) is 12.5 Å². The summed E-state index contributed by atoms with van der Waals surface area (Å²) in [6, 6.07) is 1.28. The van der Waals surface area contributed by atoms with Gasteiger partial charge in [0.1, 0.15) is 0 Å². The molecule has 1 rings (SSSR count). The topological polar surface area (TPSA) is 18.5 Å².